The summed E-state index contributed by atoms with van der Waals surface area (Å²) in [6, 6.07) is 13.5. The molecule has 3 N–H and O–H groups in total. The maximum atomic E-state index is 13.1. The van der Waals surface area contributed by atoms with Gasteiger partial charge < -0.3 is 19.6 Å². The Morgan fingerprint density at radius 2 is 1.76 bits per heavy atom. The minimum atomic E-state index is -0.594. The zero-order chi connectivity index (χ0) is 23.3. The van der Waals surface area contributed by atoms with Gasteiger partial charge in [0.05, 0.1) is 17.3 Å². The highest BCUT2D eigenvalue weighted by molar-refractivity contribution is 9.10. The molecule has 0 fully saturated rings. The summed E-state index contributed by atoms with van der Waals surface area (Å²) in [5.74, 6) is -0.843. The number of nitrogens with zero attached hydrogens (tertiary/aromatic N) is 2. The maximum Gasteiger partial charge on any atom is 0.259 e. The average molecular weight is 507 g/mol. The lowest BCUT2D eigenvalue weighted by Crippen LogP contribution is -2.29. The van der Waals surface area contributed by atoms with Gasteiger partial charge in [0.1, 0.15) is 0 Å². The molecule has 2 aromatic heterocycles. The van der Waals surface area contributed by atoms with Gasteiger partial charge in [0.2, 0.25) is 0 Å². The first kappa shape index (κ1) is 21.6. The van der Waals surface area contributed by atoms with Crippen molar-refractivity contribution in [2.75, 3.05) is 20.6 Å². The summed E-state index contributed by atoms with van der Waals surface area (Å²) in [6.07, 6.45) is 3.03. The van der Waals surface area contributed by atoms with Crippen molar-refractivity contribution >= 4 is 60.7 Å². The Kier molecular flexibility index (Phi) is 5.44. The number of halogens is 1. The van der Waals surface area contributed by atoms with Gasteiger partial charge in [-0.1, -0.05) is 40.2 Å². The van der Waals surface area contributed by atoms with E-state index >= 15 is 0 Å². The molecule has 168 valence electrons. The fraction of sp³-hybridized carbons (Fsp3) is 0.200. The molecule has 0 aliphatic carbocycles. The van der Waals surface area contributed by atoms with Crippen LogP contribution in [0.3, 0.4) is 0 Å². The fourth-order valence-corrected chi connectivity index (χ4v) is 5.17. The number of aromatic nitrogens is 2. The van der Waals surface area contributed by atoms with E-state index < -0.39 is 17.9 Å². The number of likely N-dealkylation sites (N-methyl/N-ethyl adjacent to an activating group) is 1. The van der Waals surface area contributed by atoms with Crippen LogP contribution < -0.4 is 5.32 Å². The van der Waals surface area contributed by atoms with Crippen LogP contribution in [0.5, 0.6) is 0 Å². The van der Waals surface area contributed by atoms with Gasteiger partial charge in [-0.15, -0.1) is 0 Å². The van der Waals surface area contributed by atoms with E-state index in [2.05, 4.69) is 26.2 Å². The molecule has 0 bridgehead atoms. The summed E-state index contributed by atoms with van der Waals surface area (Å²) in [4.78, 5) is 31.2. The van der Waals surface area contributed by atoms with E-state index in [1.54, 1.807) is 6.20 Å². The molecule has 0 saturated heterocycles. The van der Waals surface area contributed by atoms with E-state index in [1.807, 2.05) is 72.2 Å². The molecule has 7 nitrogen and oxygen atoms in total. The Labute approximate surface area is 198 Å². The minimum absolute atomic E-state index is 0.336. The normalized spacial score (nSPS) is 15.3. The lowest BCUT2D eigenvalue weighted by atomic mass is 9.95. The molecular formula is C25H23BrN4O3. The first-order chi connectivity index (χ1) is 15.8. The molecule has 5 rings (SSSR count). The molecule has 3 heterocycles. The van der Waals surface area contributed by atoms with Crippen molar-refractivity contribution in [2.45, 2.75) is 12.6 Å². The summed E-state index contributed by atoms with van der Waals surface area (Å²) in [6.45, 7) is 0.863. The second-order valence-corrected chi connectivity index (χ2v) is 9.38. The maximum absolute atomic E-state index is 13.1. The molecular weight excluding hydrogens is 484 g/mol. The van der Waals surface area contributed by atoms with Crippen molar-refractivity contribution in [3.8, 4) is 0 Å². The highest BCUT2D eigenvalue weighted by Crippen LogP contribution is 2.40. The number of benzene rings is 2. The number of hydrogen-bond donors (Lipinski definition) is 3. The van der Waals surface area contributed by atoms with E-state index in [-0.39, 0.29) is 0 Å². The van der Waals surface area contributed by atoms with E-state index in [0.717, 1.165) is 26.3 Å². The third-order valence-corrected chi connectivity index (χ3v) is 6.56. The summed E-state index contributed by atoms with van der Waals surface area (Å²) >= 11 is 3.63. The van der Waals surface area contributed by atoms with Gasteiger partial charge in [0.15, 0.2) is 0 Å². The van der Waals surface area contributed by atoms with Crippen molar-refractivity contribution in [1.29, 1.82) is 0 Å². The van der Waals surface area contributed by atoms with Crippen LogP contribution in [0.1, 0.15) is 11.1 Å². The summed E-state index contributed by atoms with van der Waals surface area (Å²) < 4.78 is 2.76. The Morgan fingerprint density at radius 1 is 1.03 bits per heavy atom. The van der Waals surface area contributed by atoms with E-state index in [1.165, 1.54) is 0 Å². The van der Waals surface area contributed by atoms with E-state index in [4.69, 9.17) is 0 Å². The first-order valence-electron chi connectivity index (χ1n) is 10.6. The van der Waals surface area contributed by atoms with Gasteiger partial charge >= 0.3 is 0 Å². The second kappa shape index (κ2) is 8.30. The smallest absolute Gasteiger partial charge is 0.259 e. The largest absolute Gasteiger partial charge is 0.390 e. The highest BCUT2D eigenvalue weighted by Gasteiger charge is 2.35. The van der Waals surface area contributed by atoms with Gasteiger partial charge in [0, 0.05) is 62.9 Å². The monoisotopic (exact) mass is 506 g/mol. The Morgan fingerprint density at radius 3 is 2.52 bits per heavy atom. The number of aromatic amines is 1. The number of nitrogens with one attached hydrogen (secondary N) is 2. The predicted molar refractivity (Wildman–Crippen MR) is 132 cm³/mol. The number of carbonyl (C=O) groups excluding carboxylic acids is 2. The molecule has 0 radical (unpaired) electrons. The van der Waals surface area contributed by atoms with Crippen LogP contribution in [0.2, 0.25) is 0 Å². The molecule has 1 unspecified atom stereocenters. The van der Waals surface area contributed by atoms with Crippen LogP contribution in [0.15, 0.2) is 59.3 Å². The van der Waals surface area contributed by atoms with Crippen LogP contribution in [0.4, 0.5) is 0 Å². The van der Waals surface area contributed by atoms with Crippen molar-refractivity contribution in [1.82, 2.24) is 19.8 Å². The zero-order valence-electron chi connectivity index (χ0n) is 18.2. The average Bonchev–Trinajstić information content (AvgIpc) is 3.41. The van der Waals surface area contributed by atoms with E-state index in [9.17, 15) is 14.7 Å². The molecule has 1 atom stereocenters. The van der Waals surface area contributed by atoms with Gasteiger partial charge in [0.25, 0.3) is 11.8 Å². The van der Waals surface area contributed by atoms with Crippen molar-refractivity contribution in [3.63, 3.8) is 0 Å². The SMILES string of the molecule is CN(C)CC(O)Cn1cc(C2=C(c3c[nH]c4ccccc34)C(=O)NC2=O)c2c(Br)cccc21. The number of H-pyrrole nitrogens is 1. The second-order valence-electron chi connectivity index (χ2n) is 8.53. The number of hydrogen-bond acceptors (Lipinski definition) is 4. The minimum Gasteiger partial charge on any atom is -0.390 e. The highest BCUT2D eigenvalue weighted by atomic mass is 79.9. The van der Waals surface area contributed by atoms with Crippen LogP contribution in [-0.2, 0) is 16.1 Å². The van der Waals surface area contributed by atoms with Gasteiger partial charge in [-0.05, 0) is 32.3 Å². The molecule has 0 saturated carbocycles. The van der Waals surface area contributed by atoms with Crippen molar-refractivity contribution in [3.05, 3.63) is 70.5 Å². The number of carbonyl (C=O) groups is 2. The van der Waals surface area contributed by atoms with Gasteiger partial charge in [-0.3, -0.25) is 14.9 Å². The quantitative estimate of drug-likeness (QED) is 0.349. The van der Waals surface area contributed by atoms with Crippen LogP contribution in [0.25, 0.3) is 33.0 Å². The lowest BCUT2D eigenvalue weighted by Gasteiger charge is -2.17. The van der Waals surface area contributed by atoms with Crippen molar-refractivity contribution < 1.29 is 14.7 Å². The summed E-state index contributed by atoms with van der Waals surface area (Å²) in [5, 5.41) is 14.7. The van der Waals surface area contributed by atoms with Crippen molar-refractivity contribution in [2.24, 2.45) is 0 Å². The number of aliphatic hydroxyl groups is 1. The van der Waals surface area contributed by atoms with Gasteiger partial charge in [-0.25, -0.2) is 0 Å². The third-order valence-electron chi connectivity index (χ3n) is 5.90. The van der Waals surface area contributed by atoms with Crippen LogP contribution in [0, 0.1) is 0 Å². The number of fused-ring (bicyclic) bond motifs is 2. The molecule has 8 heteroatoms. The molecule has 4 aromatic rings. The number of imide groups is 1. The number of amides is 2. The fourth-order valence-electron chi connectivity index (χ4n) is 4.60. The van der Waals surface area contributed by atoms with Gasteiger partial charge in [-0.2, -0.15) is 0 Å². The molecule has 2 amide bonds. The molecule has 0 spiro atoms. The Balaban J connectivity index is 1.75. The molecule has 33 heavy (non-hydrogen) atoms. The summed E-state index contributed by atoms with van der Waals surface area (Å²) in [7, 11) is 3.82. The Bertz CT molecular complexity index is 1450. The van der Waals surface area contributed by atoms with Crippen LogP contribution >= 0.6 is 15.9 Å². The molecule has 1 aliphatic rings. The molecule has 2 aromatic carbocycles. The first-order valence-corrected chi connectivity index (χ1v) is 11.4. The topological polar surface area (TPSA) is 90.4 Å². The number of rotatable bonds is 6. The standard InChI is InChI=1S/C25H23BrN4O3/c1-29(2)11-14(31)12-30-13-17(21-18(26)7-5-9-20(21)30)23-22(24(32)28-25(23)33)16-10-27-19-8-4-3-6-15(16)19/h3-10,13-14,27,31H,11-12H2,1-2H3,(H,28,32,33). The number of para-hydroxylation sites is 1. The number of aliphatic hydroxyl groups excluding tert-OH is 1. The summed E-state index contributed by atoms with van der Waals surface area (Å²) in [5.41, 5.74) is 3.78. The molecule has 1 aliphatic heterocycles. The third kappa shape index (κ3) is 3.70. The predicted octanol–water partition coefficient (Wildman–Crippen LogP) is 3.37. The zero-order valence-corrected chi connectivity index (χ0v) is 19.8. The van der Waals surface area contributed by atoms with E-state index in [0.29, 0.717) is 35.4 Å². The lowest BCUT2D eigenvalue weighted by molar-refractivity contribution is -0.122. The van der Waals surface area contributed by atoms with Crippen LogP contribution in [-0.4, -0.2) is 58.1 Å². The Hall–Kier alpha value is -3.20.